The molecule has 1 unspecified atom stereocenters. The molecule has 0 radical (unpaired) electrons. The molecule has 0 spiro atoms. The smallest absolute Gasteiger partial charge is 0.248 e. The second-order valence-electron chi connectivity index (χ2n) is 6.67. The largest absolute Gasteiger partial charge is 0.486 e. The highest BCUT2D eigenvalue weighted by Gasteiger charge is 2.31. The number of rotatable bonds is 6. The Morgan fingerprint density at radius 3 is 2.50 bits per heavy atom. The number of fused-ring (bicyclic) bond motifs is 1. The van der Waals surface area contributed by atoms with E-state index in [0.29, 0.717) is 42.5 Å². The van der Waals surface area contributed by atoms with Gasteiger partial charge in [0.1, 0.15) is 19.3 Å². The molecule has 1 amide bonds. The van der Waals surface area contributed by atoms with E-state index in [1.165, 1.54) is 4.31 Å². The Morgan fingerprint density at radius 2 is 1.86 bits per heavy atom. The first kappa shape index (κ1) is 20.0. The fraction of sp³-hybridized carbons (Fsp3) is 0.350. The maximum absolute atomic E-state index is 13.0. The molecule has 7 nitrogen and oxygen atoms in total. The highest BCUT2D eigenvalue weighted by molar-refractivity contribution is 7.92. The van der Waals surface area contributed by atoms with Crippen molar-refractivity contribution in [2.45, 2.75) is 26.3 Å². The summed E-state index contributed by atoms with van der Waals surface area (Å²) in [5, 5.41) is 2.80. The van der Waals surface area contributed by atoms with Crippen LogP contribution in [0.1, 0.15) is 18.9 Å². The van der Waals surface area contributed by atoms with Crippen molar-refractivity contribution < 1.29 is 22.7 Å². The molecule has 2 aromatic carbocycles. The van der Waals surface area contributed by atoms with Crippen LogP contribution in [-0.4, -0.2) is 39.8 Å². The van der Waals surface area contributed by atoms with Crippen LogP contribution in [0.2, 0.25) is 0 Å². The molecule has 150 valence electrons. The standard InChI is InChI=1S/C20H24N2O5S/c1-4-17(22(28(3,24)25)16-7-5-6-14(2)12-16)20(23)21-15-8-9-18-19(13-15)27-11-10-26-18/h5-9,12-13,17H,4,10-11H2,1-3H3,(H,21,23). The van der Waals surface area contributed by atoms with Gasteiger partial charge in [0.05, 0.1) is 11.9 Å². The number of nitrogens with zero attached hydrogens (tertiary/aromatic N) is 1. The van der Waals surface area contributed by atoms with Gasteiger partial charge < -0.3 is 14.8 Å². The van der Waals surface area contributed by atoms with Gasteiger partial charge in [-0.25, -0.2) is 8.42 Å². The fourth-order valence-corrected chi connectivity index (χ4v) is 4.38. The lowest BCUT2D eigenvalue weighted by molar-refractivity contribution is -0.117. The zero-order valence-corrected chi connectivity index (χ0v) is 17.0. The fourth-order valence-electron chi connectivity index (χ4n) is 3.17. The first-order chi connectivity index (χ1) is 13.3. The zero-order valence-electron chi connectivity index (χ0n) is 16.1. The average Bonchev–Trinajstić information content (AvgIpc) is 2.64. The number of ether oxygens (including phenoxy) is 2. The van der Waals surface area contributed by atoms with E-state index in [1.807, 2.05) is 13.0 Å². The molecule has 0 aromatic heterocycles. The lowest BCUT2D eigenvalue weighted by atomic mass is 10.1. The predicted octanol–water partition coefficient (Wildman–Crippen LogP) is 2.95. The van der Waals surface area contributed by atoms with Crippen molar-refractivity contribution in [1.82, 2.24) is 0 Å². The summed E-state index contributed by atoms with van der Waals surface area (Å²) in [7, 11) is -3.67. The average molecular weight is 404 g/mol. The number of benzene rings is 2. The van der Waals surface area contributed by atoms with Crippen molar-refractivity contribution in [2.24, 2.45) is 0 Å². The second kappa shape index (κ2) is 8.10. The summed E-state index contributed by atoms with van der Waals surface area (Å²) < 4.78 is 37.2. The summed E-state index contributed by atoms with van der Waals surface area (Å²) in [5.41, 5.74) is 1.89. The minimum atomic E-state index is -3.67. The van der Waals surface area contributed by atoms with E-state index in [2.05, 4.69) is 5.32 Å². The van der Waals surface area contributed by atoms with Gasteiger partial charge in [0.15, 0.2) is 11.5 Å². The summed E-state index contributed by atoms with van der Waals surface area (Å²) in [6.07, 6.45) is 1.42. The van der Waals surface area contributed by atoms with Gasteiger partial charge in [-0.1, -0.05) is 19.1 Å². The van der Waals surface area contributed by atoms with Gasteiger partial charge in [-0.15, -0.1) is 0 Å². The Bertz CT molecular complexity index is 974. The van der Waals surface area contributed by atoms with Crippen molar-refractivity contribution in [3.05, 3.63) is 48.0 Å². The topological polar surface area (TPSA) is 84.9 Å². The Labute approximate surface area is 165 Å². The molecule has 1 aliphatic heterocycles. The van der Waals surface area contributed by atoms with Crippen molar-refractivity contribution >= 4 is 27.3 Å². The van der Waals surface area contributed by atoms with E-state index in [9.17, 15) is 13.2 Å². The highest BCUT2D eigenvalue weighted by Crippen LogP contribution is 2.33. The van der Waals surface area contributed by atoms with Gasteiger partial charge in [0.2, 0.25) is 15.9 Å². The number of carbonyl (C=O) groups excluding carboxylic acids is 1. The van der Waals surface area contributed by atoms with Crippen LogP contribution in [0, 0.1) is 6.92 Å². The molecule has 0 aliphatic carbocycles. The van der Waals surface area contributed by atoms with Gasteiger partial charge in [0, 0.05) is 11.8 Å². The SMILES string of the molecule is CCC(C(=O)Nc1ccc2c(c1)OCCO2)N(c1cccc(C)c1)S(C)(=O)=O. The normalized spacial score (nSPS) is 14.2. The lowest BCUT2D eigenvalue weighted by Gasteiger charge is -2.30. The molecular formula is C20H24N2O5S. The molecule has 0 bridgehead atoms. The molecule has 28 heavy (non-hydrogen) atoms. The number of hydrogen-bond donors (Lipinski definition) is 1. The van der Waals surface area contributed by atoms with Crippen molar-refractivity contribution in [1.29, 1.82) is 0 Å². The van der Waals surface area contributed by atoms with E-state index in [1.54, 1.807) is 43.3 Å². The number of sulfonamides is 1. The second-order valence-corrected chi connectivity index (χ2v) is 8.53. The van der Waals surface area contributed by atoms with E-state index in [0.717, 1.165) is 11.8 Å². The first-order valence-corrected chi connectivity index (χ1v) is 10.9. The van der Waals surface area contributed by atoms with Gasteiger partial charge in [-0.2, -0.15) is 0 Å². The van der Waals surface area contributed by atoms with Crippen LogP contribution in [0.15, 0.2) is 42.5 Å². The summed E-state index contributed by atoms with van der Waals surface area (Å²) in [5.74, 6) is 0.760. The van der Waals surface area contributed by atoms with Gasteiger partial charge in [-0.05, 0) is 43.2 Å². The van der Waals surface area contributed by atoms with Crippen LogP contribution in [0.4, 0.5) is 11.4 Å². The number of nitrogens with one attached hydrogen (secondary N) is 1. The molecule has 8 heteroatoms. The summed E-state index contributed by atoms with van der Waals surface area (Å²) >= 11 is 0. The van der Waals surface area contributed by atoms with Crippen LogP contribution < -0.4 is 19.1 Å². The molecule has 1 N–H and O–H groups in total. The Hall–Kier alpha value is -2.74. The number of aryl methyl sites for hydroxylation is 1. The zero-order chi connectivity index (χ0) is 20.3. The number of amides is 1. The maximum atomic E-state index is 13.0. The van der Waals surface area contributed by atoms with Crippen LogP contribution in [0.5, 0.6) is 11.5 Å². The van der Waals surface area contributed by atoms with Gasteiger partial charge >= 0.3 is 0 Å². The Morgan fingerprint density at radius 1 is 1.14 bits per heavy atom. The van der Waals surface area contributed by atoms with Crippen molar-refractivity contribution in [3.63, 3.8) is 0 Å². The van der Waals surface area contributed by atoms with Gasteiger partial charge in [0.25, 0.3) is 0 Å². The van der Waals surface area contributed by atoms with E-state index in [-0.39, 0.29) is 0 Å². The molecule has 1 atom stereocenters. The van der Waals surface area contributed by atoms with Crippen LogP contribution in [0.25, 0.3) is 0 Å². The first-order valence-electron chi connectivity index (χ1n) is 9.06. The van der Waals surface area contributed by atoms with Gasteiger partial charge in [-0.3, -0.25) is 9.10 Å². The molecule has 3 rings (SSSR count). The third kappa shape index (κ3) is 4.39. The molecular weight excluding hydrogens is 380 g/mol. The summed E-state index contributed by atoms with van der Waals surface area (Å²) in [6.45, 7) is 4.58. The van der Waals surface area contributed by atoms with E-state index < -0.39 is 22.0 Å². The third-order valence-electron chi connectivity index (χ3n) is 4.40. The minimum absolute atomic E-state index is 0.317. The van der Waals surface area contributed by atoms with Crippen LogP contribution in [0.3, 0.4) is 0 Å². The Balaban J connectivity index is 1.88. The van der Waals surface area contributed by atoms with Crippen LogP contribution >= 0.6 is 0 Å². The number of anilines is 2. The summed E-state index contributed by atoms with van der Waals surface area (Å²) in [6, 6.07) is 11.3. The molecule has 1 heterocycles. The molecule has 0 fully saturated rings. The lowest BCUT2D eigenvalue weighted by Crippen LogP contribution is -2.47. The Kier molecular flexibility index (Phi) is 5.79. The number of carbonyl (C=O) groups is 1. The van der Waals surface area contributed by atoms with E-state index in [4.69, 9.17) is 9.47 Å². The quantitative estimate of drug-likeness (QED) is 0.800. The monoisotopic (exact) mass is 404 g/mol. The molecule has 1 aliphatic rings. The molecule has 2 aromatic rings. The highest BCUT2D eigenvalue weighted by atomic mass is 32.2. The van der Waals surface area contributed by atoms with Crippen LogP contribution in [-0.2, 0) is 14.8 Å². The number of hydrogen-bond acceptors (Lipinski definition) is 5. The molecule has 0 saturated carbocycles. The molecule has 0 saturated heterocycles. The van der Waals surface area contributed by atoms with Crippen molar-refractivity contribution in [3.8, 4) is 11.5 Å². The predicted molar refractivity (Wildman–Crippen MR) is 109 cm³/mol. The summed E-state index contributed by atoms with van der Waals surface area (Å²) in [4.78, 5) is 13.0. The maximum Gasteiger partial charge on any atom is 0.248 e. The van der Waals surface area contributed by atoms with E-state index >= 15 is 0 Å². The minimum Gasteiger partial charge on any atom is -0.486 e. The third-order valence-corrected chi connectivity index (χ3v) is 5.58. The van der Waals surface area contributed by atoms with Crippen molar-refractivity contribution in [2.75, 3.05) is 29.1 Å².